The molecule has 2 heterocycles. The molecular formula is C16H18ClN3O2S. The maximum absolute atomic E-state index is 12.6. The number of sulfonamides is 1. The lowest BCUT2D eigenvalue weighted by Gasteiger charge is -2.44. The van der Waals surface area contributed by atoms with Gasteiger partial charge in [-0.05, 0) is 36.8 Å². The standard InChI is InChI=1S/C16H18ClN3O2S/c1-12-5-6-13(8-16(12)17)20-10-14(11-20)19(2)23(21,22)15-4-3-7-18-9-15/h3-9,14H,10-11H2,1-2H3. The molecule has 0 radical (unpaired) electrons. The van der Waals surface area contributed by atoms with E-state index in [9.17, 15) is 8.42 Å². The van der Waals surface area contributed by atoms with Gasteiger partial charge in [-0.2, -0.15) is 4.31 Å². The van der Waals surface area contributed by atoms with Crippen molar-refractivity contribution in [3.63, 3.8) is 0 Å². The number of rotatable bonds is 4. The molecule has 0 aliphatic carbocycles. The Morgan fingerprint density at radius 3 is 2.65 bits per heavy atom. The van der Waals surface area contributed by atoms with Crippen molar-refractivity contribution in [2.45, 2.75) is 17.9 Å². The molecule has 0 amide bonds. The average Bonchev–Trinajstić information content (AvgIpc) is 2.50. The summed E-state index contributed by atoms with van der Waals surface area (Å²) in [6, 6.07) is 9.04. The molecular weight excluding hydrogens is 334 g/mol. The van der Waals surface area contributed by atoms with E-state index in [1.165, 1.54) is 10.5 Å². The summed E-state index contributed by atoms with van der Waals surface area (Å²) in [5, 5.41) is 0.724. The number of likely N-dealkylation sites (N-methyl/N-ethyl adjacent to an activating group) is 1. The Kier molecular flexibility index (Phi) is 4.31. The van der Waals surface area contributed by atoms with Crippen LogP contribution in [-0.2, 0) is 10.0 Å². The van der Waals surface area contributed by atoms with Crippen molar-refractivity contribution in [2.75, 3.05) is 25.0 Å². The zero-order valence-corrected chi connectivity index (χ0v) is 14.5. The number of pyridine rings is 1. The van der Waals surface area contributed by atoms with Crippen LogP contribution in [0, 0.1) is 6.92 Å². The Morgan fingerprint density at radius 1 is 1.30 bits per heavy atom. The monoisotopic (exact) mass is 351 g/mol. The van der Waals surface area contributed by atoms with Crippen molar-refractivity contribution in [3.8, 4) is 0 Å². The maximum Gasteiger partial charge on any atom is 0.244 e. The van der Waals surface area contributed by atoms with E-state index in [-0.39, 0.29) is 10.9 Å². The van der Waals surface area contributed by atoms with E-state index in [2.05, 4.69) is 9.88 Å². The normalized spacial score (nSPS) is 15.7. The molecule has 2 aromatic rings. The number of hydrogen-bond donors (Lipinski definition) is 0. The highest BCUT2D eigenvalue weighted by atomic mass is 35.5. The third kappa shape index (κ3) is 3.06. The first kappa shape index (κ1) is 16.2. The summed E-state index contributed by atoms with van der Waals surface area (Å²) in [6.45, 7) is 3.25. The predicted octanol–water partition coefficient (Wildman–Crippen LogP) is 2.55. The quantitative estimate of drug-likeness (QED) is 0.849. The smallest absolute Gasteiger partial charge is 0.244 e. The van der Waals surface area contributed by atoms with Crippen LogP contribution in [0.2, 0.25) is 5.02 Å². The SMILES string of the molecule is Cc1ccc(N2CC(N(C)S(=O)(=O)c3cccnc3)C2)cc1Cl. The van der Waals surface area contributed by atoms with Gasteiger partial charge in [0.2, 0.25) is 10.0 Å². The first-order valence-electron chi connectivity index (χ1n) is 7.29. The lowest BCUT2D eigenvalue weighted by Crippen LogP contribution is -2.59. The first-order chi connectivity index (χ1) is 10.9. The van der Waals surface area contributed by atoms with E-state index in [0.717, 1.165) is 16.3 Å². The van der Waals surface area contributed by atoms with Crippen LogP contribution in [0.4, 0.5) is 5.69 Å². The number of aromatic nitrogens is 1. The third-order valence-electron chi connectivity index (χ3n) is 4.21. The predicted molar refractivity (Wildman–Crippen MR) is 91.4 cm³/mol. The maximum atomic E-state index is 12.6. The molecule has 5 nitrogen and oxygen atoms in total. The van der Waals surface area contributed by atoms with Crippen LogP contribution in [0.1, 0.15) is 5.56 Å². The van der Waals surface area contributed by atoms with Crippen molar-refractivity contribution in [1.82, 2.24) is 9.29 Å². The summed E-state index contributed by atoms with van der Waals surface area (Å²) >= 11 is 6.15. The zero-order chi connectivity index (χ0) is 16.6. The Balaban J connectivity index is 1.70. The van der Waals surface area contributed by atoms with Gasteiger partial charge in [-0.25, -0.2) is 8.42 Å². The van der Waals surface area contributed by atoms with Gasteiger partial charge in [0.05, 0.1) is 6.04 Å². The zero-order valence-electron chi connectivity index (χ0n) is 13.0. The van der Waals surface area contributed by atoms with E-state index in [1.54, 1.807) is 25.4 Å². The summed E-state index contributed by atoms with van der Waals surface area (Å²) in [5.74, 6) is 0. The lowest BCUT2D eigenvalue weighted by molar-refractivity contribution is 0.311. The van der Waals surface area contributed by atoms with Crippen molar-refractivity contribution in [3.05, 3.63) is 53.3 Å². The molecule has 1 aliphatic rings. The fourth-order valence-electron chi connectivity index (χ4n) is 2.54. The lowest BCUT2D eigenvalue weighted by atomic mass is 10.1. The number of halogens is 1. The highest BCUT2D eigenvalue weighted by Gasteiger charge is 2.36. The molecule has 0 atom stereocenters. The Morgan fingerprint density at radius 2 is 2.04 bits per heavy atom. The summed E-state index contributed by atoms with van der Waals surface area (Å²) in [6.07, 6.45) is 2.94. The fourth-order valence-corrected chi connectivity index (χ4v) is 4.01. The van der Waals surface area contributed by atoms with Gasteiger partial charge in [-0.3, -0.25) is 4.98 Å². The van der Waals surface area contributed by atoms with Crippen LogP contribution < -0.4 is 4.90 Å². The van der Waals surface area contributed by atoms with Crippen LogP contribution in [0.3, 0.4) is 0 Å². The van der Waals surface area contributed by atoms with Gasteiger partial charge in [0.1, 0.15) is 4.90 Å². The molecule has 122 valence electrons. The summed E-state index contributed by atoms with van der Waals surface area (Å²) in [4.78, 5) is 6.22. The first-order valence-corrected chi connectivity index (χ1v) is 9.10. The molecule has 3 rings (SSSR count). The second-order valence-corrected chi connectivity index (χ2v) is 8.11. The Bertz CT molecular complexity index is 805. The minimum Gasteiger partial charge on any atom is -0.368 e. The Labute approximate surface area is 141 Å². The number of anilines is 1. The van der Waals surface area contributed by atoms with Gasteiger partial charge in [-0.1, -0.05) is 17.7 Å². The van der Waals surface area contributed by atoms with E-state index < -0.39 is 10.0 Å². The second kappa shape index (κ2) is 6.11. The fraction of sp³-hybridized carbons (Fsp3) is 0.312. The molecule has 7 heteroatoms. The number of hydrogen-bond acceptors (Lipinski definition) is 4. The van der Waals surface area contributed by atoms with Crippen LogP contribution >= 0.6 is 11.6 Å². The van der Waals surface area contributed by atoms with Crippen LogP contribution in [-0.4, -0.2) is 43.9 Å². The van der Waals surface area contributed by atoms with Gasteiger partial charge >= 0.3 is 0 Å². The molecule has 0 N–H and O–H groups in total. The largest absolute Gasteiger partial charge is 0.368 e. The number of benzene rings is 1. The van der Waals surface area contributed by atoms with E-state index in [0.29, 0.717) is 13.1 Å². The molecule has 1 aliphatic heterocycles. The number of aryl methyl sites for hydroxylation is 1. The van der Waals surface area contributed by atoms with E-state index in [1.807, 2.05) is 25.1 Å². The third-order valence-corrected chi connectivity index (χ3v) is 6.51. The molecule has 1 saturated heterocycles. The van der Waals surface area contributed by atoms with Crippen molar-refractivity contribution in [2.24, 2.45) is 0 Å². The highest BCUT2D eigenvalue weighted by molar-refractivity contribution is 7.89. The van der Waals surface area contributed by atoms with Gasteiger partial charge in [-0.15, -0.1) is 0 Å². The van der Waals surface area contributed by atoms with E-state index in [4.69, 9.17) is 11.6 Å². The molecule has 1 aromatic carbocycles. The van der Waals surface area contributed by atoms with Crippen molar-refractivity contribution >= 4 is 27.3 Å². The molecule has 1 fully saturated rings. The average molecular weight is 352 g/mol. The van der Waals surface area contributed by atoms with Gasteiger partial charge in [0.15, 0.2) is 0 Å². The summed E-state index contributed by atoms with van der Waals surface area (Å²) < 4.78 is 26.5. The minimum absolute atomic E-state index is 0.0553. The molecule has 0 saturated carbocycles. The highest BCUT2D eigenvalue weighted by Crippen LogP contribution is 2.29. The molecule has 0 spiro atoms. The van der Waals surface area contributed by atoms with Crippen molar-refractivity contribution < 1.29 is 8.42 Å². The van der Waals surface area contributed by atoms with Crippen LogP contribution in [0.15, 0.2) is 47.6 Å². The van der Waals surface area contributed by atoms with Crippen LogP contribution in [0.25, 0.3) is 0 Å². The molecule has 1 aromatic heterocycles. The summed E-state index contributed by atoms with van der Waals surface area (Å²) in [7, 11) is -1.88. The van der Waals surface area contributed by atoms with E-state index >= 15 is 0 Å². The second-order valence-electron chi connectivity index (χ2n) is 5.70. The topological polar surface area (TPSA) is 53.5 Å². The minimum atomic E-state index is -3.50. The summed E-state index contributed by atoms with van der Waals surface area (Å²) in [5.41, 5.74) is 2.05. The number of nitrogens with zero attached hydrogens (tertiary/aromatic N) is 3. The molecule has 0 bridgehead atoms. The van der Waals surface area contributed by atoms with Gasteiger partial charge in [0.25, 0.3) is 0 Å². The van der Waals surface area contributed by atoms with Crippen molar-refractivity contribution in [1.29, 1.82) is 0 Å². The Hall–Kier alpha value is -1.63. The van der Waals surface area contributed by atoms with Gasteiger partial charge < -0.3 is 4.90 Å². The van der Waals surface area contributed by atoms with Crippen LogP contribution in [0.5, 0.6) is 0 Å². The van der Waals surface area contributed by atoms with Gasteiger partial charge in [0, 0.05) is 43.2 Å². The molecule has 23 heavy (non-hydrogen) atoms. The molecule has 0 unspecified atom stereocenters.